The summed E-state index contributed by atoms with van der Waals surface area (Å²) in [5.41, 5.74) is 1.86. The number of amides is 1. The van der Waals surface area contributed by atoms with Crippen molar-refractivity contribution in [2.24, 2.45) is 0 Å². The van der Waals surface area contributed by atoms with Crippen LogP contribution in [0.4, 0.5) is 18.9 Å². The number of carbonyl (C=O) groups is 1. The lowest BCUT2D eigenvalue weighted by molar-refractivity contribution is -0.140. The normalized spacial score (nSPS) is 16.7. The molecular formula is C28H31F3N4O3. The Balaban J connectivity index is 1.51. The number of ether oxygens (including phenoxy) is 1. The van der Waals surface area contributed by atoms with Gasteiger partial charge in [-0.2, -0.15) is 13.2 Å². The van der Waals surface area contributed by atoms with Crippen molar-refractivity contribution in [1.29, 1.82) is 0 Å². The minimum atomic E-state index is -4.43. The smallest absolute Gasteiger partial charge is 0.389 e. The van der Waals surface area contributed by atoms with E-state index in [9.17, 15) is 23.1 Å². The highest BCUT2D eigenvalue weighted by Crippen LogP contribution is 2.31. The zero-order chi connectivity index (χ0) is 27.1. The fourth-order valence-corrected chi connectivity index (χ4v) is 4.69. The molecule has 4 rings (SSSR count). The van der Waals surface area contributed by atoms with E-state index in [-0.39, 0.29) is 30.8 Å². The Morgan fingerprint density at radius 1 is 1.21 bits per heavy atom. The maximum atomic E-state index is 13.5. The van der Waals surface area contributed by atoms with Gasteiger partial charge in [0, 0.05) is 49.4 Å². The predicted molar refractivity (Wildman–Crippen MR) is 140 cm³/mol. The predicted octanol–water partition coefficient (Wildman–Crippen LogP) is 3.48. The molecule has 1 aliphatic rings. The number of β-amino-alcohol motifs (C(OH)–C–C–N with tert-alkyl or cyclic N) is 1. The quantitative estimate of drug-likeness (QED) is 0.371. The molecule has 1 fully saturated rings. The Kier molecular flexibility index (Phi) is 8.94. The van der Waals surface area contributed by atoms with Gasteiger partial charge in [0.1, 0.15) is 6.54 Å². The van der Waals surface area contributed by atoms with Crippen molar-refractivity contribution in [3.05, 3.63) is 65.9 Å². The van der Waals surface area contributed by atoms with Crippen molar-refractivity contribution in [3.8, 4) is 11.8 Å². The summed E-state index contributed by atoms with van der Waals surface area (Å²) in [6, 6.07) is 15.6. The zero-order valence-corrected chi connectivity index (χ0v) is 21.1. The van der Waals surface area contributed by atoms with Crippen LogP contribution in [0.5, 0.6) is 0 Å². The molecule has 3 N–H and O–H groups in total. The molecule has 1 saturated heterocycles. The zero-order valence-electron chi connectivity index (χ0n) is 21.1. The number of hydrogen-bond donors (Lipinski definition) is 3. The fourth-order valence-electron chi connectivity index (χ4n) is 4.69. The maximum Gasteiger partial charge on any atom is 0.406 e. The molecule has 7 nitrogen and oxygen atoms in total. The minimum absolute atomic E-state index is 0.000785. The molecule has 0 radical (unpaired) electrons. The number of carbonyl (C=O) groups excluding carboxylic acids is 1. The molecule has 1 amide bonds. The molecule has 1 aliphatic heterocycles. The highest BCUT2D eigenvalue weighted by atomic mass is 19.4. The molecule has 2 aromatic carbocycles. The number of aromatic nitrogens is 1. The van der Waals surface area contributed by atoms with E-state index in [0.29, 0.717) is 29.6 Å². The van der Waals surface area contributed by atoms with Gasteiger partial charge in [-0.3, -0.25) is 9.69 Å². The SMILES string of the molecule is COCC(O)CN1CCC(Nc2cccc3c2cc(C#CCNC(=O)c2ccccc2)n3CC(F)(F)F)C1. The van der Waals surface area contributed by atoms with Crippen molar-refractivity contribution >= 4 is 22.5 Å². The number of aliphatic hydroxyl groups excluding tert-OH is 1. The third kappa shape index (κ3) is 7.28. The van der Waals surface area contributed by atoms with Crippen LogP contribution in [0.15, 0.2) is 54.6 Å². The lowest BCUT2D eigenvalue weighted by atomic mass is 10.1. The Hall–Kier alpha value is -3.52. The van der Waals surface area contributed by atoms with E-state index >= 15 is 0 Å². The van der Waals surface area contributed by atoms with Crippen LogP contribution in [0.1, 0.15) is 22.5 Å². The summed E-state index contributed by atoms with van der Waals surface area (Å²) >= 11 is 0. The van der Waals surface area contributed by atoms with Gasteiger partial charge < -0.3 is 25.0 Å². The summed E-state index contributed by atoms with van der Waals surface area (Å²) in [6.45, 7) is 1.09. The van der Waals surface area contributed by atoms with Crippen LogP contribution in [0.3, 0.4) is 0 Å². The van der Waals surface area contributed by atoms with Gasteiger partial charge in [0.15, 0.2) is 0 Å². The topological polar surface area (TPSA) is 78.8 Å². The third-order valence-corrected chi connectivity index (χ3v) is 6.33. The molecule has 0 spiro atoms. The van der Waals surface area contributed by atoms with Gasteiger partial charge >= 0.3 is 6.18 Å². The van der Waals surface area contributed by atoms with E-state index in [1.165, 1.54) is 0 Å². The maximum absolute atomic E-state index is 13.5. The third-order valence-electron chi connectivity index (χ3n) is 6.33. The number of likely N-dealkylation sites (tertiary alicyclic amines) is 1. The van der Waals surface area contributed by atoms with Crippen LogP contribution in [0.2, 0.25) is 0 Å². The van der Waals surface area contributed by atoms with Gasteiger partial charge in [0.25, 0.3) is 5.91 Å². The number of anilines is 1. The van der Waals surface area contributed by atoms with E-state index < -0.39 is 18.8 Å². The molecule has 2 atom stereocenters. The summed E-state index contributed by atoms with van der Waals surface area (Å²) in [7, 11) is 1.54. The number of aliphatic hydroxyl groups is 1. The molecule has 202 valence electrons. The molecule has 0 aliphatic carbocycles. The molecule has 2 heterocycles. The number of halogens is 3. The summed E-state index contributed by atoms with van der Waals surface area (Å²) in [6.07, 6.45) is -4.16. The van der Waals surface area contributed by atoms with Crippen molar-refractivity contribution in [3.63, 3.8) is 0 Å². The Morgan fingerprint density at radius 2 is 2.00 bits per heavy atom. The first-order valence-electron chi connectivity index (χ1n) is 12.4. The van der Waals surface area contributed by atoms with E-state index in [2.05, 4.69) is 27.4 Å². The number of fused-ring (bicyclic) bond motifs is 1. The molecular weight excluding hydrogens is 497 g/mol. The van der Waals surface area contributed by atoms with Crippen LogP contribution in [-0.4, -0.2) is 78.7 Å². The molecule has 0 bridgehead atoms. The van der Waals surface area contributed by atoms with Gasteiger partial charge in [-0.1, -0.05) is 30.2 Å². The van der Waals surface area contributed by atoms with Gasteiger partial charge in [0.2, 0.25) is 0 Å². The fraction of sp³-hybridized carbons (Fsp3) is 0.393. The molecule has 2 unspecified atom stereocenters. The number of nitrogens with one attached hydrogen (secondary N) is 2. The van der Waals surface area contributed by atoms with Crippen LogP contribution in [0.25, 0.3) is 10.9 Å². The van der Waals surface area contributed by atoms with Gasteiger partial charge in [-0.15, -0.1) is 0 Å². The second kappa shape index (κ2) is 12.3. The number of hydrogen-bond acceptors (Lipinski definition) is 5. The first-order chi connectivity index (χ1) is 18.2. The summed E-state index contributed by atoms with van der Waals surface area (Å²) in [4.78, 5) is 14.3. The summed E-state index contributed by atoms with van der Waals surface area (Å²) < 4.78 is 46.5. The largest absolute Gasteiger partial charge is 0.406 e. The van der Waals surface area contributed by atoms with Gasteiger partial charge in [-0.25, -0.2) is 0 Å². The second-order valence-electron chi connectivity index (χ2n) is 9.32. The van der Waals surface area contributed by atoms with Gasteiger partial charge in [-0.05, 0) is 42.7 Å². The number of methoxy groups -OCH3 is 1. The Morgan fingerprint density at radius 3 is 2.74 bits per heavy atom. The van der Waals surface area contributed by atoms with Crippen LogP contribution < -0.4 is 10.6 Å². The average Bonchev–Trinajstić information content (AvgIpc) is 3.46. The van der Waals surface area contributed by atoms with E-state index in [4.69, 9.17) is 4.74 Å². The number of rotatable bonds is 9. The highest BCUT2D eigenvalue weighted by molar-refractivity contribution is 5.95. The van der Waals surface area contributed by atoms with Crippen molar-refractivity contribution < 1.29 is 27.8 Å². The first-order valence-corrected chi connectivity index (χ1v) is 12.4. The van der Waals surface area contributed by atoms with Crippen molar-refractivity contribution in [2.45, 2.75) is 31.3 Å². The molecule has 10 heteroatoms. The molecule has 1 aromatic heterocycles. The Labute approximate surface area is 219 Å². The van der Waals surface area contributed by atoms with E-state index in [1.54, 1.807) is 55.6 Å². The van der Waals surface area contributed by atoms with E-state index in [1.807, 2.05) is 6.07 Å². The molecule has 3 aromatic rings. The van der Waals surface area contributed by atoms with Crippen LogP contribution >= 0.6 is 0 Å². The number of alkyl halides is 3. The second-order valence-corrected chi connectivity index (χ2v) is 9.32. The summed E-state index contributed by atoms with van der Waals surface area (Å²) in [5.74, 6) is 5.30. The van der Waals surface area contributed by atoms with E-state index in [0.717, 1.165) is 23.2 Å². The van der Waals surface area contributed by atoms with Crippen molar-refractivity contribution in [2.75, 3.05) is 45.2 Å². The van der Waals surface area contributed by atoms with Crippen LogP contribution in [-0.2, 0) is 11.3 Å². The minimum Gasteiger partial charge on any atom is -0.389 e. The number of nitrogens with zero attached hydrogens (tertiary/aromatic N) is 2. The molecule has 0 saturated carbocycles. The van der Waals surface area contributed by atoms with Crippen molar-refractivity contribution in [1.82, 2.24) is 14.8 Å². The van der Waals surface area contributed by atoms with Gasteiger partial charge in [0.05, 0.1) is 30.5 Å². The lowest BCUT2D eigenvalue weighted by Gasteiger charge is -2.20. The summed E-state index contributed by atoms with van der Waals surface area (Å²) in [5, 5.41) is 16.8. The highest BCUT2D eigenvalue weighted by Gasteiger charge is 2.30. The number of benzene rings is 2. The average molecular weight is 529 g/mol. The van der Waals surface area contributed by atoms with Crippen LogP contribution in [0, 0.1) is 11.8 Å². The molecule has 38 heavy (non-hydrogen) atoms. The standard InChI is InChI=1S/C28H31F3N4O3/c1-38-18-23(36)17-34-14-12-21(16-34)33-25-10-5-11-26-24(25)15-22(35(26)19-28(29,30)31)9-6-13-32-27(37)20-7-3-2-4-8-20/h2-5,7-8,10-11,15,21,23,33,36H,12-14,16-19H2,1H3,(H,32,37). The Bertz CT molecular complexity index is 1300. The first kappa shape index (κ1) is 27.5. The monoisotopic (exact) mass is 528 g/mol. The lowest BCUT2D eigenvalue weighted by Crippen LogP contribution is -2.34.